The molecule has 1 atom stereocenters. The standard InChI is InChI=1S/C24H30Cl2N2O2S/c1-3-13-27-24(30)22(4-2)28(14-12-18-8-6-5-7-9-18)23(29)17-31-16-19-10-11-20(25)21(26)15-19/h5-11,15,22H,3-4,12-14,16-17H2,1-2H3,(H,27,30)/t22-/m1/s1. The van der Waals surface area contributed by atoms with Gasteiger partial charge >= 0.3 is 0 Å². The lowest BCUT2D eigenvalue weighted by molar-refractivity contribution is -0.138. The minimum atomic E-state index is -0.465. The van der Waals surface area contributed by atoms with Crippen LogP contribution in [0.1, 0.15) is 37.8 Å². The maximum absolute atomic E-state index is 13.1. The lowest BCUT2D eigenvalue weighted by Gasteiger charge is -2.30. The summed E-state index contributed by atoms with van der Waals surface area (Å²) in [6.45, 7) is 5.08. The third kappa shape index (κ3) is 8.40. The fourth-order valence-corrected chi connectivity index (χ4v) is 4.41. The molecule has 31 heavy (non-hydrogen) atoms. The Hall–Kier alpha value is -1.69. The van der Waals surface area contributed by atoms with Crippen molar-refractivity contribution in [3.05, 3.63) is 69.7 Å². The number of carbonyl (C=O) groups is 2. The Balaban J connectivity index is 2.04. The van der Waals surface area contributed by atoms with E-state index in [1.807, 2.05) is 56.3 Å². The zero-order valence-electron chi connectivity index (χ0n) is 18.1. The maximum Gasteiger partial charge on any atom is 0.242 e. The quantitative estimate of drug-likeness (QED) is 0.429. The van der Waals surface area contributed by atoms with Gasteiger partial charge in [0.1, 0.15) is 6.04 Å². The predicted molar refractivity (Wildman–Crippen MR) is 132 cm³/mol. The molecule has 0 aliphatic rings. The fourth-order valence-electron chi connectivity index (χ4n) is 3.23. The summed E-state index contributed by atoms with van der Waals surface area (Å²) in [5, 5.41) is 3.97. The number of carbonyl (C=O) groups excluding carboxylic acids is 2. The molecule has 0 spiro atoms. The van der Waals surface area contributed by atoms with Crippen LogP contribution in [-0.2, 0) is 21.8 Å². The molecule has 0 aliphatic carbocycles. The Kier molecular flexibility index (Phi) is 11.3. The van der Waals surface area contributed by atoms with E-state index in [-0.39, 0.29) is 11.8 Å². The Labute approximate surface area is 199 Å². The smallest absolute Gasteiger partial charge is 0.242 e. The van der Waals surface area contributed by atoms with Crippen molar-refractivity contribution in [3.8, 4) is 0 Å². The summed E-state index contributed by atoms with van der Waals surface area (Å²) < 4.78 is 0. The SMILES string of the molecule is CCCNC(=O)[C@@H](CC)N(CCc1ccccc1)C(=O)CSCc1ccc(Cl)c(Cl)c1. The van der Waals surface area contributed by atoms with Crippen LogP contribution in [0.2, 0.25) is 10.0 Å². The highest BCUT2D eigenvalue weighted by atomic mass is 35.5. The maximum atomic E-state index is 13.1. The summed E-state index contributed by atoms with van der Waals surface area (Å²) in [5.74, 6) is 0.834. The molecule has 0 bridgehead atoms. The summed E-state index contributed by atoms with van der Waals surface area (Å²) in [7, 11) is 0. The van der Waals surface area contributed by atoms with Crippen LogP contribution in [0.25, 0.3) is 0 Å². The highest BCUT2D eigenvalue weighted by Crippen LogP contribution is 2.25. The second-order valence-electron chi connectivity index (χ2n) is 7.28. The number of benzene rings is 2. The van der Waals surface area contributed by atoms with Gasteiger partial charge in [-0.2, -0.15) is 0 Å². The van der Waals surface area contributed by atoms with Gasteiger partial charge in [-0.1, -0.05) is 73.4 Å². The van der Waals surface area contributed by atoms with E-state index >= 15 is 0 Å². The summed E-state index contributed by atoms with van der Waals surface area (Å²) in [5.41, 5.74) is 2.16. The molecule has 0 heterocycles. The first-order chi connectivity index (χ1) is 15.0. The molecule has 0 aromatic heterocycles. The fraction of sp³-hybridized carbons (Fsp3) is 0.417. The first-order valence-corrected chi connectivity index (χ1v) is 12.5. The van der Waals surface area contributed by atoms with E-state index in [1.54, 1.807) is 11.0 Å². The van der Waals surface area contributed by atoms with Crippen molar-refractivity contribution < 1.29 is 9.59 Å². The van der Waals surface area contributed by atoms with E-state index in [0.29, 0.717) is 47.5 Å². The van der Waals surface area contributed by atoms with E-state index < -0.39 is 6.04 Å². The Morgan fingerprint density at radius 3 is 2.42 bits per heavy atom. The number of hydrogen-bond acceptors (Lipinski definition) is 3. The van der Waals surface area contributed by atoms with Gasteiger partial charge in [-0.15, -0.1) is 11.8 Å². The summed E-state index contributed by atoms with van der Waals surface area (Å²) in [6, 6.07) is 15.1. The second kappa shape index (κ2) is 13.7. The van der Waals surface area contributed by atoms with Crippen molar-refractivity contribution in [2.45, 2.75) is 44.9 Å². The van der Waals surface area contributed by atoms with Crippen LogP contribution in [0.15, 0.2) is 48.5 Å². The van der Waals surface area contributed by atoms with Crippen molar-refractivity contribution in [2.24, 2.45) is 0 Å². The summed E-state index contributed by atoms with van der Waals surface area (Å²) in [4.78, 5) is 27.6. The van der Waals surface area contributed by atoms with Crippen LogP contribution >= 0.6 is 35.0 Å². The van der Waals surface area contributed by atoms with Crippen molar-refractivity contribution in [3.63, 3.8) is 0 Å². The van der Waals surface area contributed by atoms with Crippen LogP contribution < -0.4 is 5.32 Å². The highest BCUT2D eigenvalue weighted by molar-refractivity contribution is 7.99. The predicted octanol–water partition coefficient (Wildman–Crippen LogP) is 5.60. The number of thioether (sulfide) groups is 1. The van der Waals surface area contributed by atoms with Gasteiger partial charge in [0.15, 0.2) is 0 Å². The number of halogens is 2. The number of amides is 2. The van der Waals surface area contributed by atoms with Gasteiger partial charge in [0.05, 0.1) is 15.8 Å². The van der Waals surface area contributed by atoms with E-state index in [1.165, 1.54) is 11.8 Å². The first-order valence-electron chi connectivity index (χ1n) is 10.6. The van der Waals surface area contributed by atoms with E-state index in [9.17, 15) is 9.59 Å². The second-order valence-corrected chi connectivity index (χ2v) is 9.08. The van der Waals surface area contributed by atoms with Gasteiger partial charge in [-0.3, -0.25) is 9.59 Å². The lowest BCUT2D eigenvalue weighted by atomic mass is 10.1. The van der Waals surface area contributed by atoms with Crippen LogP contribution in [0.4, 0.5) is 0 Å². The topological polar surface area (TPSA) is 49.4 Å². The minimum Gasteiger partial charge on any atom is -0.354 e. The van der Waals surface area contributed by atoms with Gasteiger partial charge in [0.2, 0.25) is 11.8 Å². The van der Waals surface area contributed by atoms with E-state index in [4.69, 9.17) is 23.2 Å². The van der Waals surface area contributed by atoms with E-state index in [0.717, 1.165) is 17.5 Å². The Bertz CT molecular complexity index is 849. The van der Waals surface area contributed by atoms with Crippen molar-refractivity contribution in [2.75, 3.05) is 18.8 Å². The summed E-state index contributed by atoms with van der Waals surface area (Å²) in [6.07, 6.45) is 2.15. The molecule has 0 aliphatic heterocycles. The molecule has 4 nitrogen and oxygen atoms in total. The molecule has 7 heteroatoms. The molecule has 0 fully saturated rings. The van der Waals surface area contributed by atoms with Crippen molar-refractivity contribution in [1.29, 1.82) is 0 Å². The molecule has 1 N–H and O–H groups in total. The third-order valence-corrected chi connectivity index (χ3v) is 6.63. The van der Waals surface area contributed by atoms with Gasteiger partial charge in [0.25, 0.3) is 0 Å². The summed E-state index contributed by atoms with van der Waals surface area (Å²) >= 11 is 13.6. The van der Waals surface area contributed by atoms with Gasteiger partial charge < -0.3 is 10.2 Å². The molecule has 2 rings (SSSR count). The molecule has 2 amide bonds. The monoisotopic (exact) mass is 480 g/mol. The molecule has 0 saturated heterocycles. The van der Waals surface area contributed by atoms with Crippen LogP contribution in [0, 0.1) is 0 Å². The average Bonchev–Trinajstić information content (AvgIpc) is 2.78. The van der Waals surface area contributed by atoms with Gasteiger partial charge in [-0.05, 0) is 42.5 Å². The molecule has 0 saturated carbocycles. The van der Waals surface area contributed by atoms with E-state index in [2.05, 4.69) is 5.32 Å². The molecule has 168 valence electrons. The third-order valence-electron chi connectivity index (χ3n) is 4.90. The van der Waals surface area contributed by atoms with Crippen molar-refractivity contribution >= 4 is 46.8 Å². The zero-order chi connectivity index (χ0) is 22.6. The number of nitrogens with zero attached hydrogens (tertiary/aromatic N) is 1. The van der Waals surface area contributed by atoms with Gasteiger partial charge in [-0.25, -0.2) is 0 Å². The Morgan fingerprint density at radius 1 is 1.03 bits per heavy atom. The first kappa shape index (κ1) is 25.6. The molecule has 0 radical (unpaired) electrons. The molecular formula is C24H30Cl2N2O2S. The normalized spacial score (nSPS) is 11.7. The largest absolute Gasteiger partial charge is 0.354 e. The molecule has 2 aromatic carbocycles. The number of rotatable bonds is 12. The zero-order valence-corrected chi connectivity index (χ0v) is 20.4. The lowest BCUT2D eigenvalue weighted by Crippen LogP contribution is -2.50. The van der Waals surface area contributed by atoms with Crippen LogP contribution in [0.3, 0.4) is 0 Å². The van der Waals surface area contributed by atoms with Crippen LogP contribution in [0.5, 0.6) is 0 Å². The highest BCUT2D eigenvalue weighted by Gasteiger charge is 2.27. The molecule has 0 unspecified atom stereocenters. The van der Waals surface area contributed by atoms with Crippen molar-refractivity contribution in [1.82, 2.24) is 10.2 Å². The van der Waals surface area contributed by atoms with Crippen LogP contribution in [-0.4, -0.2) is 41.6 Å². The number of hydrogen-bond donors (Lipinski definition) is 1. The molecule has 2 aromatic rings. The number of nitrogens with one attached hydrogen (secondary N) is 1. The average molecular weight is 481 g/mol. The van der Waals surface area contributed by atoms with Gasteiger partial charge in [0, 0.05) is 18.8 Å². The Morgan fingerprint density at radius 2 is 1.77 bits per heavy atom. The minimum absolute atomic E-state index is 0.0282. The molecular weight excluding hydrogens is 451 g/mol.